The molecular formula is C24H31N3O4S. The molecule has 1 aliphatic heterocycles. The highest BCUT2D eigenvalue weighted by Gasteiger charge is 2.68. The van der Waals surface area contributed by atoms with Crippen molar-refractivity contribution in [3.05, 3.63) is 50.1 Å². The number of carbonyl (C=O) groups is 2. The molecule has 0 bridgehead atoms. The number of pyridine rings is 1. The van der Waals surface area contributed by atoms with Crippen molar-refractivity contribution in [1.82, 2.24) is 14.8 Å². The third-order valence-electron chi connectivity index (χ3n) is 7.65. The van der Waals surface area contributed by atoms with Crippen LogP contribution in [-0.2, 0) is 24.3 Å². The molecule has 1 aliphatic carbocycles. The number of hydrogen-bond acceptors (Lipinski definition) is 5. The van der Waals surface area contributed by atoms with Crippen LogP contribution in [0.25, 0.3) is 0 Å². The number of carbonyl (C=O) groups excluding carboxylic acids is 2. The summed E-state index contributed by atoms with van der Waals surface area (Å²) in [4.78, 5) is 41.1. The number of amides is 2. The summed E-state index contributed by atoms with van der Waals surface area (Å²) in [6.45, 7) is 10.2. The fourth-order valence-electron chi connectivity index (χ4n) is 5.04. The van der Waals surface area contributed by atoms with Gasteiger partial charge in [0, 0.05) is 50.3 Å². The van der Waals surface area contributed by atoms with Crippen LogP contribution in [0.1, 0.15) is 49.3 Å². The van der Waals surface area contributed by atoms with Crippen LogP contribution in [0.4, 0.5) is 0 Å². The van der Waals surface area contributed by atoms with E-state index in [2.05, 4.69) is 33.0 Å². The smallest absolute Gasteiger partial charge is 0.257 e. The summed E-state index contributed by atoms with van der Waals surface area (Å²) in [6, 6.07) is 3.33. The highest BCUT2D eigenvalue weighted by molar-refractivity contribution is 7.07. The third-order valence-corrected chi connectivity index (χ3v) is 8.38. The SMILES string of the molecule is COc1cc(=O)n2c(c1C(=O)NCc1ccsc1)CCN(C(=O)C1C(C)(C)C1(C)C)CC2. The second-order valence-corrected chi connectivity index (χ2v) is 10.6. The van der Waals surface area contributed by atoms with Crippen LogP contribution in [0.2, 0.25) is 0 Å². The topological polar surface area (TPSA) is 80.6 Å². The van der Waals surface area contributed by atoms with E-state index in [1.807, 2.05) is 21.7 Å². The van der Waals surface area contributed by atoms with E-state index >= 15 is 0 Å². The van der Waals surface area contributed by atoms with Gasteiger partial charge in [-0.3, -0.25) is 14.4 Å². The van der Waals surface area contributed by atoms with Gasteiger partial charge in [0.2, 0.25) is 5.91 Å². The van der Waals surface area contributed by atoms with E-state index in [1.165, 1.54) is 13.2 Å². The maximum Gasteiger partial charge on any atom is 0.257 e. The van der Waals surface area contributed by atoms with Crippen LogP contribution < -0.4 is 15.6 Å². The molecule has 172 valence electrons. The Hall–Kier alpha value is -2.61. The molecule has 2 aromatic rings. The van der Waals surface area contributed by atoms with Crippen LogP contribution in [0, 0.1) is 16.7 Å². The second-order valence-electron chi connectivity index (χ2n) is 9.79. The van der Waals surface area contributed by atoms with Crippen molar-refractivity contribution in [1.29, 1.82) is 0 Å². The number of nitrogens with one attached hydrogen (secondary N) is 1. The van der Waals surface area contributed by atoms with Crippen molar-refractivity contribution < 1.29 is 14.3 Å². The monoisotopic (exact) mass is 457 g/mol. The average molecular weight is 458 g/mol. The van der Waals surface area contributed by atoms with Gasteiger partial charge in [0.1, 0.15) is 11.3 Å². The van der Waals surface area contributed by atoms with Crippen molar-refractivity contribution >= 4 is 23.2 Å². The normalized spacial score (nSPS) is 19.1. The van der Waals surface area contributed by atoms with E-state index in [9.17, 15) is 14.4 Å². The first-order valence-electron chi connectivity index (χ1n) is 11.0. The fourth-order valence-corrected chi connectivity index (χ4v) is 5.70. The Kier molecular flexibility index (Phi) is 5.69. The Morgan fingerprint density at radius 3 is 2.50 bits per heavy atom. The molecular weight excluding hydrogens is 426 g/mol. The maximum absolute atomic E-state index is 13.3. The lowest BCUT2D eigenvalue weighted by atomic mass is 10.0. The zero-order valence-electron chi connectivity index (χ0n) is 19.4. The average Bonchev–Trinajstić information content (AvgIpc) is 3.00. The van der Waals surface area contributed by atoms with E-state index < -0.39 is 0 Å². The van der Waals surface area contributed by atoms with Crippen molar-refractivity contribution in [2.24, 2.45) is 16.7 Å². The van der Waals surface area contributed by atoms with Crippen molar-refractivity contribution in [3.8, 4) is 5.75 Å². The minimum absolute atomic E-state index is 0.0316. The van der Waals surface area contributed by atoms with Crippen LogP contribution in [0.15, 0.2) is 27.7 Å². The van der Waals surface area contributed by atoms with E-state index in [-0.39, 0.29) is 39.9 Å². The molecule has 2 amide bonds. The Labute approximate surface area is 192 Å². The molecule has 1 N–H and O–H groups in total. The van der Waals surface area contributed by atoms with Gasteiger partial charge >= 0.3 is 0 Å². The summed E-state index contributed by atoms with van der Waals surface area (Å²) in [5.74, 6) is 0.0986. The third kappa shape index (κ3) is 3.64. The Bertz CT molecular complexity index is 1090. The molecule has 4 rings (SSSR count). The van der Waals surface area contributed by atoms with Gasteiger partial charge in [0.05, 0.1) is 7.11 Å². The second kappa shape index (κ2) is 8.06. The van der Waals surface area contributed by atoms with Crippen LogP contribution in [-0.4, -0.2) is 41.5 Å². The van der Waals surface area contributed by atoms with Crippen molar-refractivity contribution in [3.63, 3.8) is 0 Å². The first-order valence-corrected chi connectivity index (χ1v) is 11.9. The minimum atomic E-state index is -0.277. The Morgan fingerprint density at radius 2 is 1.91 bits per heavy atom. The van der Waals surface area contributed by atoms with E-state index in [4.69, 9.17) is 4.74 Å². The van der Waals surface area contributed by atoms with Gasteiger partial charge in [-0.05, 0) is 33.2 Å². The molecule has 0 spiro atoms. The quantitative estimate of drug-likeness (QED) is 0.749. The zero-order valence-corrected chi connectivity index (χ0v) is 20.2. The number of ether oxygens (including phenoxy) is 1. The van der Waals surface area contributed by atoms with Gasteiger partial charge in [-0.15, -0.1) is 0 Å². The van der Waals surface area contributed by atoms with Crippen LogP contribution >= 0.6 is 11.3 Å². The molecule has 7 nitrogen and oxygen atoms in total. The molecule has 3 heterocycles. The lowest BCUT2D eigenvalue weighted by Gasteiger charge is -2.21. The number of rotatable bonds is 5. The number of hydrogen-bond donors (Lipinski definition) is 1. The lowest BCUT2D eigenvalue weighted by molar-refractivity contribution is -0.133. The summed E-state index contributed by atoms with van der Waals surface area (Å²) in [7, 11) is 1.46. The molecule has 2 aromatic heterocycles. The first-order chi connectivity index (χ1) is 15.1. The number of aromatic nitrogens is 1. The van der Waals surface area contributed by atoms with E-state index in [0.717, 1.165) is 5.56 Å². The number of fused-ring (bicyclic) bond motifs is 1. The molecule has 8 heteroatoms. The minimum Gasteiger partial charge on any atom is -0.496 e. The van der Waals surface area contributed by atoms with Gasteiger partial charge < -0.3 is 19.5 Å². The fraction of sp³-hybridized carbons (Fsp3) is 0.542. The number of thiophene rings is 1. The molecule has 0 atom stereocenters. The zero-order chi connectivity index (χ0) is 23.3. The lowest BCUT2D eigenvalue weighted by Crippen LogP contribution is -2.36. The first kappa shape index (κ1) is 22.6. The number of nitrogens with zero attached hydrogens (tertiary/aromatic N) is 2. The highest BCUT2D eigenvalue weighted by atomic mass is 32.1. The Morgan fingerprint density at radius 1 is 1.19 bits per heavy atom. The molecule has 0 aromatic carbocycles. The van der Waals surface area contributed by atoms with Crippen molar-refractivity contribution in [2.75, 3.05) is 20.2 Å². The molecule has 1 fully saturated rings. The highest BCUT2D eigenvalue weighted by Crippen LogP contribution is 2.68. The van der Waals surface area contributed by atoms with E-state index in [1.54, 1.807) is 15.9 Å². The standard InChI is InChI=1S/C24H31N3O4S/c1-23(2)20(24(23,3)4)22(30)26-8-6-16-19(21(29)25-13-15-7-11-32-14-15)17(31-5)12-18(28)27(16)10-9-26/h7,11-12,14,20H,6,8-10,13H2,1-5H3,(H,25,29). The largest absolute Gasteiger partial charge is 0.496 e. The summed E-state index contributed by atoms with van der Waals surface area (Å²) in [5.41, 5.74) is 1.72. The van der Waals surface area contributed by atoms with Gasteiger partial charge in [-0.25, -0.2) is 0 Å². The summed E-state index contributed by atoms with van der Waals surface area (Å²) in [6.07, 6.45) is 0.424. The van der Waals surface area contributed by atoms with Gasteiger partial charge in [0.15, 0.2) is 0 Å². The van der Waals surface area contributed by atoms with Crippen LogP contribution in [0.3, 0.4) is 0 Å². The van der Waals surface area contributed by atoms with Gasteiger partial charge in [-0.2, -0.15) is 11.3 Å². The van der Waals surface area contributed by atoms with Crippen LogP contribution in [0.5, 0.6) is 5.75 Å². The van der Waals surface area contributed by atoms with E-state index in [0.29, 0.717) is 43.9 Å². The van der Waals surface area contributed by atoms with Gasteiger partial charge in [0.25, 0.3) is 11.5 Å². The molecule has 0 unspecified atom stereocenters. The predicted octanol–water partition coefficient (Wildman–Crippen LogP) is 2.92. The summed E-state index contributed by atoms with van der Waals surface area (Å²) in [5, 5.41) is 6.89. The summed E-state index contributed by atoms with van der Waals surface area (Å²) < 4.78 is 7.04. The summed E-state index contributed by atoms with van der Waals surface area (Å²) >= 11 is 1.57. The molecule has 0 radical (unpaired) electrons. The molecule has 2 aliphatic rings. The number of methoxy groups -OCH3 is 1. The molecule has 1 saturated carbocycles. The Balaban J connectivity index is 1.60. The van der Waals surface area contributed by atoms with Crippen molar-refractivity contribution in [2.45, 2.75) is 47.2 Å². The predicted molar refractivity (Wildman–Crippen MR) is 124 cm³/mol. The maximum atomic E-state index is 13.3. The van der Waals surface area contributed by atoms with Gasteiger partial charge in [-0.1, -0.05) is 27.7 Å². The molecule has 0 saturated heterocycles. The molecule has 32 heavy (non-hydrogen) atoms.